The summed E-state index contributed by atoms with van der Waals surface area (Å²) >= 11 is 0. The van der Waals surface area contributed by atoms with E-state index in [1.54, 1.807) is 24.3 Å². The summed E-state index contributed by atoms with van der Waals surface area (Å²) < 4.78 is 36.9. The van der Waals surface area contributed by atoms with E-state index in [4.69, 9.17) is 0 Å². The molecular weight excluding hydrogens is 319 g/mol. The topological polar surface area (TPSA) is 101 Å². The highest BCUT2D eigenvalue weighted by Gasteiger charge is 2.29. The number of rotatable bonds is 1. The SMILES string of the molecule is CN=C1Nc2c(-c3cccc(F)c3C#N)cccc2S(O)(O)N1. The van der Waals surface area contributed by atoms with Gasteiger partial charge in [0, 0.05) is 18.2 Å². The summed E-state index contributed by atoms with van der Waals surface area (Å²) in [4.78, 5) is 4.13. The summed E-state index contributed by atoms with van der Waals surface area (Å²) in [6.07, 6.45) is 0. The van der Waals surface area contributed by atoms with E-state index in [2.05, 4.69) is 15.0 Å². The van der Waals surface area contributed by atoms with Crippen molar-refractivity contribution in [3.05, 3.63) is 47.8 Å². The second-order valence-electron chi connectivity index (χ2n) is 4.80. The van der Waals surface area contributed by atoms with Gasteiger partial charge in [0.2, 0.25) is 5.96 Å². The van der Waals surface area contributed by atoms with Crippen molar-refractivity contribution in [1.29, 1.82) is 5.26 Å². The lowest BCUT2D eigenvalue weighted by Crippen LogP contribution is -2.38. The van der Waals surface area contributed by atoms with Crippen LogP contribution in [0, 0.1) is 17.1 Å². The first-order valence-electron chi connectivity index (χ1n) is 6.59. The number of fused-ring (bicyclic) bond motifs is 1. The van der Waals surface area contributed by atoms with Crippen molar-refractivity contribution < 1.29 is 13.5 Å². The summed E-state index contributed by atoms with van der Waals surface area (Å²) in [6.45, 7) is 0. The van der Waals surface area contributed by atoms with Gasteiger partial charge >= 0.3 is 0 Å². The molecule has 1 aliphatic heterocycles. The summed E-state index contributed by atoms with van der Waals surface area (Å²) in [7, 11) is -1.80. The van der Waals surface area contributed by atoms with E-state index in [1.807, 2.05) is 6.07 Å². The van der Waals surface area contributed by atoms with Gasteiger partial charge in [-0.3, -0.25) is 14.1 Å². The molecule has 0 amide bonds. The number of nitrogens with zero attached hydrogens (tertiary/aromatic N) is 2. The van der Waals surface area contributed by atoms with Crippen molar-refractivity contribution in [2.45, 2.75) is 4.90 Å². The quantitative estimate of drug-likeness (QED) is 0.641. The van der Waals surface area contributed by atoms with E-state index in [9.17, 15) is 18.8 Å². The largest absolute Gasteiger partial charge is 0.323 e. The van der Waals surface area contributed by atoms with Crippen molar-refractivity contribution >= 4 is 22.4 Å². The molecule has 0 unspecified atom stereocenters. The van der Waals surface area contributed by atoms with Crippen molar-refractivity contribution in [3.8, 4) is 17.2 Å². The molecule has 6 nitrogen and oxygen atoms in total. The van der Waals surface area contributed by atoms with Crippen LogP contribution < -0.4 is 10.0 Å². The van der Waals surface area contributed by atoms with Crippen molar-refractivity contribution in [1.82, 2.24) is 4.72 Å². The average Bonchev–Trinajstić information content (AvgIpc) is 2.53. The molecule has 3 rings (SSSR count). The van der Waals surface area contributed by atoms with Gasteiger partial charge in [-0.05, 0) is 12.1 Å². The molecule has 0 aliphatic carbocycles. The van der Waals surface area contributed by atoms with Crippen LogP contribution in [0.5, 0.6) is 0 Å². The Kier molecular flexibility index (Phi) is 3.69. The van der Waals surface area contributed by atoms with E-state index in [0.29, 0.717) is 16.8 Å². The Morgan fingerprint density at radius 2 is 1.87 bits per heavy atom. The molecule has 2 aromatic rings. The monoisotopic (exact) mass is 332 g/mol. The number of aliphatic imine (C=N–C) groups is 1. The van der Waals surface area contributed by atoms with Crippen LogP contribution in [-0.2, 0) is 0 Å². The molecule has 0 radical (unpaired) electrons. The van der Waals surface area contributed by atoms with E-state index < -0.39 is 16.6 Å². The highest BCUT2D eigenvalue weighted by molar-refractivity contribution is 8.23. The van der Waals surface area contributed by atoms with Crippen molar-refractivity contribution in [2.24, 2.45) is 4.99 Å². The first kappa shape index (κ1) is 15.3. The highest BCUT2D eigenvalue weighted by atomic mass is 32.3. The van der Waals surface area contributed by atoms with Crippen molar-refractivity contribution in [3.63, 3.8) is 0 Å². The van der Waals surface area contributed by atoms with Crippen LogP contribution in [0.2, 0.25) is 0 Å². The molecule has 4 N–H and O–H groups in total. The third kappa shape index (κ3) is 2.51. The molecule has 8 heteroatoms. The first-order valence-corrected chi connectivity index (χ1v) is 8.14. The van der Waals surface area contributed by atoms with Gasteiger partial charge in [-0.1, -0.05) is 35.0 Å². The minimum absolute atomic E-state index is 0.104. The number of para-hydroxylation sites is 1. The molecule has 1 heterocycles. The highest BCUT2D eigenvalue weighted by Crippen LogP contribution is 2.53. The minimum atomic E-state index is -3.28. The maximum absolute atomic E-state index is 13.9. The smallest absolute Gasteiger partial charge is 0.214 e. The molecule has 0 bridgehead atoms. The third-order valence-corrected chi connectivity index (χ3v) is 4.89. The molecule has 23 heavy (non-hydrogen) atoms. The Bertz CT molecular complexity index is 861. The minimum Gasteiger partial charge on any atom is -0.323 e. The second-order valence-corrected chi connectivity index (χ2v) is 6.54. The van der Waals surface area contributed by atoms with Crippen molar-refractivity contribution in [2.75, 3.05) is 12.4 Å². The fourth-order valence-electron chi connectivity index (χ4n) is 2.42. The Morgan fingerprint density at radius 1 is 1.17 bits per heavy atom. The first-order chi connectivity index (χ1) is 11.0. The van der Waals surface area contributed by atoms with Gasteiger partial charge in [0.1, 0.15) is 16.8 Å². The van der Waals surface area contributed by atoms with Gasteiger partial charge in [0.25, 0.3) is 0 Å². The van der Waals surface area contributed by atoms with Gasteiger partial charge in [-0.2, -0.15) is 5.26 Å². The van der Waals surface area contributed by atoms with Crippen LogP contribution in [-0.4, -0.2) is 22.1 Å². The van der Waals surface area contributed by atoms with E-state index >= 15 is 0 Å². The standard InChI is InChI=1S/C15H13FN4O2S/c1-18-15-19-14-10(5-3-7-13(14)23(21,22)20-15)9-4-2-6-12(16)11(9)8-17/h2-7,21-22H,1H3,(H2,18,19,20). The van der Waals surface area contributed by atoms with E-state index in [0.717, 1.165) is 0 Å². The number of benzene rings is 2. The molecule has 1 aliphatic rings. The third-order valence-electron chi connectivity index (χ3n) is 3.45. The number of halogens is 1. The zero-order chi connectivity index (χ0) is 16.6. The van der Waals surface area contributed by atoms with Gasteiger partial charge in [-0.15, -0.1) is 0 Å². The number of guanidine groups is 1. The van der Waals surface area contributed by atoms with Crippen LogP contribution in [0.4, 0.5) is 10.1 Å². The van der Waals surface area contributed by atoms with Gasteiger partial charge < -0.3 is 5.32 Å². The maximum atomic E-state index is 13.9. The molecule has 0 aromatic heterocycles. The van der Waals surface area contributed by atoms with Crippen LogP contribution in [0.15, 0.2) is 46.3 Å². The number of hydrogen-bond acceptors (Lipinski definition) is 4. The van der Waals surface area contributed by atoms with E-state index in [-0.39, 0.29) is 16.4 Å². The lowest BCUT2D eigenvalue weighted by molar-refractivity contribution is 0.481. The predicted octanol–water partition coefficient (Wildman–Crippen LogP) is 3.39. The molecule has 0 saturated heterocycles. The fourth-order valence-corrected chi connectivity index (χ4v) is 3.66. The summed E-state index contributed by atoms with van der Waals surface area (Å²) in [5.74, 6) is -0.451. The Balaban J connectivity index is 2.29. The Labute approximate surface area is 133 Å². The van der Waals surface area contributed by atoms with Crippen LogP contribution in [0.3, 0.4) is 0 Å². The second kappa shape index (κ2) is 5.55. The van der Waals surface area contributed by atoms with Gasteiger partial charge in [0.15, 0.2) is 0 Å². The Morgan fingerprint density at radius 3 is 2.57 bits per heavy atom. The Hall–Kier alpha value is -2.60. The molecule has 0 spiro atoms. The lowest BCUT2D eigenvalue weighted by Gasteiger charge is -2.40. The zero-order valence-corrected chi connectivity index (χ0v) is 12.9. The number of hydrogen-bond donors (Lipinski definition) is 4. The lowest BCUT2D eigenvalue weighted by atomic mass is 9.98. The summed E-state index contributed by atoms with van der Waals surface area (Å²) in [5.41, 5.74) is 1.13. The summed E-state index contributed by atoms with van der Waals surface area (Å²) in [5, 5.41) is 12.2. The van der Waals surface area contributed by atoms with E-state index in [1.165, 1.54) is 19.2 Å². The summed E-state index contributed by atoms with van der Waals surface area (Å²) in [6, 6.07) is 11.0. The number of nitrogens with one attached hydrogen (secondary N) is 2. The van der Waals surface area contributed by atoms with Gasteiger partial charge in [-0.25, -0.2) is 9.11 Å². The fraction of sp³-hybridized carbons (Fsp3) is 0.0667. The van der Waals surface area contributed by atoms with Crippen LogP contribution in [0.25, 0.3) is 11.1 Å². The zero-order valence-electron chi connectivity index (χ0n) is 12.0. The molecule has 0 fully saturated rings. The predicted molar refractivity (Wildman–Crippen MR) is 87.8 cm³/mol. The number of anilines is 1. The average molecular weight is 332 g/mol. The van der Waals surface area contributed by atoms with Crippen LogP contribution >= 0.6 is 10.8 Å². The molecule has 0 saturated carbocycles. The number of nitriles is 1. The van der Waals surface area contributed by atoms with Crippen LogP contribution in [0.1, 0.15) is 5.56 Å². The molecule has 118 valence electrons. The maximum Gasteiger partial charge on any atom is 0.214 e. The molecule has 2 aromatic carbocycles. The normalized spacial score (nSPS) is 18.3. The molecule has 0 atom stereocenters. The van der Waals surface area contributed by atoms with Gasteiger partial charge in [0.05, 0.1) is 11.3 Å². The molecular formula is C15H13FN4O2S.